The van der Waals surface area contributed by atoms with Gasteiger partial charge in [-0.15, -0.1) is 0 Å². The van der Waals surface area contributed by atoms with Crippen molar-refractivity contribution in [1.82, 2.24) is 0 Å². The molecule has 5 heterocycles. The van der Waals surface area contributed by atoms with Gasteiger partial charge in [-0.3, -0.25) is 0 Å². The van der Waals surface area contributed by atoms with E-state index in [4.69, 9.17) is 37.9 Å². The lowest BCUT2D eigenvalue weighted by Crippen LogP contribution is -2.60. The van der Waals surface area contributed by atoms with E-state index < -0.39 is 136 Å². The van der Waals surface area contributed by atoms with Crippen LogP contribution in [-0.2, 0) is 14.2 Å². The summed E-state index contributed by atoms with van der Waals surface area (Å²) in [5.41, 5.74) is 3.57. The number of benzene rings is 6. The molecule has 0 aliphatic carbocycles. The smallest absolute Gasteiger partial charge is 0.229 e. The molecule has 16 N–H and O–H groups in total. The third-order valence-electron chi connectivity index (χ3n) is 15.7. The van der Waals surface area contributed by atoms with Crippen LogP contribution in [0.1, 0.15) is 68.6 Å². The van der Waals surface area contributed by atoms with Crippen molar-refractivity contribution in [3.8, 4) is 51.7 Å². The summed E-state index contributed by atoms with van der Waals surface area (Å²) in [6.07, 6.45) is -21.1. The van der Waals surface area contributed by atoms with Gasteiger partial charge in [0.1, 0.15) is 137 Å². The lowest BCUT2D eigenvalue weighted by atomic mass is 9.81. The molecule has 24 heteroatoms. The molecule has 0 radical (unpaired) electrons. The summed E-state index contributed by atoms with van der Waals surface area (Å²) in [6.45, 7) is -1.96. The van der Waals surface area contributed by atoms with Gasteiger partial charge in [0.05, 0.1) is 31.7 Å². The van der Waals surface area contributed by atoms with Crippen LogP contribution in [0.25, 0.3) is 12.2 Å². The first-order chi connectivity index (χ1) is 40.3. The lowest BCUT2D eigenvalue weighted by Gasteiger charge is -2.39. The highest BCUT2D eigenvalue weighted by Gasteiger charge is 2.49. The van der Waals surface area contributed by atoms with Crippen LogP contribution in [-0.4, -0.2) is 194 Å². The fraction of sp³-hybridized carbons (Fsp3) is 0.367. The number of aliphatic hydroxyl groups is 12. The van der Waals surface area contributed by atoms with Crippen molar-refractivity contribution in [2.45, 2.75) is 116 Å². The summed E-state index contributed by atoms with van der Waals surface area (Å²) in [5.74, 6) is -1.76. The SMILES string of the molecule is OCC1OC(Oc2ccc(C=Cc3cc(O)c4c(c3)OC(c3ccc(OC5OC(CO)C(O)C(O)C5O)cc3)C4c3cc(O)c4c(c3)OC(c3ccc(OC5OC(CO)C(O)C(O)C5O)cc3)C4c3cc(O)cc(O)c3)cc2)C(O)C(O)C1O. The van der Waals surface area contributed by atoms with Gasteiger partial charge >= 0.3 is 0 Å². The Kier molecular flexibility index (Phi) is 16.7. The second-order valence-corrected chi connectivity index (χ2v) is 21.2. The molecule has 0 bridgehead atoms. The first-order valence-electron chi connectivity index (χ1n) is 26.8. The van der Waals surface area contributed by atoms with Crippen LogP contribution in [0.4, 0.5) is 0 Å². The number of rotatable bonds is 15. The van der Waals surface area contributed by atoms with Gasteiger partial charge in [-0.1, -0.05) is 48.6 Å². The van der Waals surface area contributed by atoms with Crippen LogP contribution in [0.5, 0.6) is 51.7 Å². The van der Waals surface area contributed by atoms with Crippen LogP contribution in [0.2, 0.25) is 0 Å². The van der Waals surface area contributed by atoms with Gasteiger partial charge in [0, 0.05) is 17.2 Å². The van der Waals surface area contributed by atoms with Crippen molar-refractivity contribution >= 4 is 12.2 Å². The Labute approximate surface area is 477 Å². The lowest BCUT2D eigenvalue weighted by molar-refractivity contribution is -0.277. The molecular weight excluding hydrogens is 1100 g/mol. The Morgan fingerprint density at radius 3 is 1.12 bits per heavy atom. The van der Waals surface area contributed by atoms with Gasteiger partial charge in [-0.2, -0.15) is 0 Å². The number of hydrogen-bond acceptors (Lipinski definition) is 24. The minimum atomic E-state index is -1.69. The molecule has 84 heavy (non-hydrogen) atoms. The van der Waals surface area contributed by atoms with Crippen molar-refractivity contribution in [2.24, 2.45) is 0 Å². The molecule has 24 nitrogen and oxygen atoms in total. The summed E-state index contributed by atoms with van der Waals surface area (Å²) in [6, 6.07) is 29.6. The van der Waals surface area contributed by atoms with E-state index in [1.54, 1.807) is 72.8 Å². The zero-order chi connectivity index (χ0) is 59.4. The third kappa shape index (κ3) is 11.3. The average Bonchev–Trinajstić information content (AvgIpc) is 2.81. The van der Waals surface area contributed by atoms with Gasteiger partial charge in [0.15, 0.2) is 0 Å². The van der Waals surface area contributed by atoms with Crippen LogP contribution < -0.4 is 23.7 Å². The number of hydrogen-bond donors (Lipinski definition) is 16. The molecule has 5 aliphatic heterocycles. The normalized spacial score (nSPS) is 32.7. The average molecular weight is 1170 g/mol. The van der Waals surface area contributed by atoms with Crippen LogP contribution in [0.3, 0.4) is 0 Å². The van der Waals surface area contributed by atoms with Crippen molar-refractivity contribution in [2.75, 3.05) is 19.8 Å². The van der Waals surface area contributed by atoms with Crippen molar-refractivity contribution in [3.05, 3.63) is 160 Å². The molecule has 6 aromatic rings. The van der Waals surface area contributed by atoms with Gasteiger partial charge in [0.25, 0.3) is 0 Å². The fourth-order valence-electron chi connectivity index (χ4n) is 11.3. The van der Waals surface area contributed by atoms with E-state index in [0.29, 0.717) is 38.9 Å². The van der Waals surface area contributed by atoms with Gasteiger partial charge in [0.2, 0.25) is 18.9 Å². The second-order valence-electron chi connectivity index (χ2n) is 21.2. The molecule has 0 amide bonds. The summed E-state index contributed by atoms with van der Waals surface area (Å²) >= 11 is 0. The molecular formula is C60H62O24. The van der Waals surface area contributed by atoms with E-state index >= 15 is 0 Å². The minimum Gasteiger partial charge on any atom is -0.508 e. The molecule has 3 saturated heterocycles. The topological polar surface area (TPSA) is 398 Å². The van der Waals surface area contributed by atoms with Crippen molar-refractivity contribution in [3.63, 3.8) is 0 Å². The Balaban J connectivity index is 0.913. The van der Waals surface area contributed by atoms with Gasteiger partial charge in [-0.25, -0.2) is 0 Å². The standard InChI is InChI=1S/C60H62O24/c61-22-40-47(68)50(71)53(74)58(82-40)77-33-9-3-25(4-10-33)1-2-26-15-36(66)45-38(16-26)80-57(28-7-13-35(14-8-28)79-60-55(76)52(73)49(70)42(24-63)84-60)44(45)30-19-37(67)46-39(20-30)81-56(43(46)29-17-31(64)21-32(65)18-29)27-5-11-34(12-6-27)78-59-54(75)51(72)48(69)41(23-62)83-59/h1-21,40-44,47-76H,22-24H2. The number of fused-ring (bicyclic) bond motifs is 2. The molecule has 3 fully saturated rings. The number of ether oxygens (including phenoxy) is 8. The molecule has 11 rings (SSSR count). The first-order valence-corrected chi connectivity index (χ1v) is 26.8. The van der Waals surface area contributed by atoms with Gasteiger partial charge < -0.3 is 120 Å². The summed E-state index contributed by atoms with van der Waals surface area (Å²) in [5, 5.41) is 168. The van der Waals surface area contributed by atoms with E-state index in [1.807, 2.05) is 0 Å². The molecule has 19 atom stereocenters. The van der Waals surface area contributed by atoms with Crippen LogP contribution >= 0.6 is 0 Å². The quantitative estimate of drug-likeness (QED) is 0.0631. The maximum Gasteiger partial charge on any atom is 0.229 e. The fourth-order valence-corrected chi connectivity index (χ4v) is 11.3. The first kappa shape index (κ1) is 58.4. The summed E-state index contributed by atoms with van der Waals surface area (Å²) in [4.78, 5) is 0. The zero-order valence-corrected chi connectivity index (χ0v) is 44.1. The maximum absolute atomic E-state index is 12.3. The molecule has 0 spiro atoms. The number of phenols is 4. The Morgan fingerprint density at radius 1 is 0.357 bits per heavy atom. The molecule has 6 aromatic carbocycles. The number of aliphatic hydroxyl groups excluding tert-OH is 12. The van der Waals surface area contributed by atoms with E-state index in [2.05, 4.69) is 0 Å². The Morgan fingerprint density at radius 2 is 0.714 bits per heavy atom. The Bertz CT molecular complexity index is 3280. The number of phenolic OH excluding ortho intramolecular Hbond substituents is 4. The molecule has 446 valence electrons. The zero-order valence-electron chi connectivity index (χ0n) is 44.1. The monoisotopic (exact) mass is 1170 g/mol. The summed E-state index contributed by atoms with van der Waals surface area (Å²) < 4.78 is 47.5. The molecule has 5 aliphatic rings. The van der Waals surface area contributed by atoms with Gasteiger partial charge in [-0.05, 0) is 106 Å². The summed E-state index contributed by atoms with van der Waals surface area (Å²) in [7, 11) is 0. The van der Waals surface area contributed by atoms with Crippen molar-refractivity contribution in [1.29, 1.82) is 0 Å². The molecule has 0 aromatic heterocycles. The predicted molar refractivity (Wildman–Crippen MR) is 288 cm³/mol. The third-order valence-corrected chi connectivity index (χ3v) is 15.7. The largest absolute Gasteiger partial charge is 0.508 e. The second kappa shape index (κ2) is 24.0. The van der Waals surface area contributed by atoms with Crippen molar-refractivity contribution < 1.29 is 120 Å². The highest BCUT2D eigenvalue weighted by molar-refractivity contribution is 5.73. The maximum atomic E-state index is 12.3. The molecule has 0 saturated carbocycles. The highest BCUT2D eigenvalue weighted by Crippen LogP contribution is 2.59. The molecule has 19 unspecified atom stereocenters. The predicted octanol–water partition coefficient (Wildman–Crippen LogP) is 0.747. The van der Waals surface area contributed by atoms with Crippen LogP contribution in [0.15, 0.2) is 115 Å². The van der Waals surface area contributed by atoms with E-state index in [1.165, 1.54) is 48.5 Å². The minimum absolute atomic E-state index is 0.157. The van der Waals surface area contributed by atoms with Crippen LogP contribution in [0, 0.1) is 0 Å². The Hall–Kier alpha value is -7.34. The van der Waals surface area contributed by atoms with E-state index in [0.717, 1.165) is 6.07 Å². The van der Waals surface area contributed by atoms with E-state index in [9.17, 15) is 81.7 Å². The highest BCUT2D eigenvalue weighted by atomic mass is 16.7. The van der Waals surface area contributed by atoms with E-state index in [-0.39, 0.29) is 57.3 Å². The number of aromatic hydroxyl groups is 4.